The highest BCUT2D eigenvalue weighted by molar-refractivity contribution is 7.89. The summed E-state index contributed by atoms with van der Waals surface area (Å²) in [6, 6.07) is 9.31. The number of hydrogen-bond donors (Lipinski definition) is 0. The minimum absolute atomic E-state index is 0.185. The summed E-state index contributed by atoms with van der Waals surface area (Å²) in [5, 5.41) is 0. The third kappa shape index (κ3) is 4.88. The molecule has 2 aromatic rings. The van der Waals surface area contributed by atoms with Gasteiger partial charge >= 0.3 is 6.18 Å². The van der Waals surface area contributed by atoms with Crippen LogP contribution in [0.25, 0.3) is 0 Å². The second-order valence-electron chi connectivity index (χ2n) is 6.88. The van der Waals surface area contributed by atoms with Crippen LogP contribution in [0.15, 0.2) is 47.4 Å². The molecule has 1 heterocycles. The van der Waals surface area contributed by atoms with E-state index in [4.69, 9.17) is 9.47 Å². The van der Waals surface area contributed by atoms with Crippen molar-refractivity contribution in [1.29, 1.82) is 0 Å². The second-order valence-corrected chi connectivity index (χ2v) is 8.82. The summed E-state index contributed by atoms with van der Waals surface area (Å²) in [7, 11) is -0.856. The van der Waals surface area contributed by atoms with Gasteiger partial charge in [0.2, 0.25) is 10.0 Å². The van der Waals surface area contributed by atoms with Gasteiger partial charge in [0.1, 0.15) is 11.5 Å². The van der Waals surface area contributed by atoms with Gasteiger partial charge < -0.3 is 9.47 Å². The third-order valence-electron chi connectivity index (χ3n) is 5.01. The van der Waals surface area contributed by atoms with Crippen LogP contribution >= 0.6 is 0 Å². The molecule has 0 saturated carbocycles. The average Bonchev–Trinajstić information content (AvgIpc) is 2.73. The van der Waals surface area contributed by atoms with E-state index in [9.17, 15) is 21.6 Å². The number of sulfonamides is 1. The zero-order valence-electron chi connectivity index (χ0n) is 16.6. The zero-order chi connectivity index (χ0) is 21.9. The number of rotatable bonds is 6. The Morgan fingerprint density at radius 2 is 1.67 bits per heavy atom. The van der Waals surface area contributed by atoms with Crippen molar-refractivity contribution >= 4 is 10.0 Å². The fourth-order valence-electron chi connectivity index (χ4n) is 3.36. The number of halogens is 3. The lowest BCUT2D eigenvalue weighted by Gasteiger charge is -2.34. The molecule has 3 rings (SSSR count). The van der Waals surface area contributed by atoms with E-state index < -0.39 is 21.8 Å². The fraction of sp³-hybridized carbons (Fsp3) is 0.400. The molecule has 0 amide bonds. The molecule has 0 atom stereocenters. The molecule has 0 aliphatic carbocycles. The first-order valence-corrected chi connectivity index (χ1v) is 10.7. The van der Waals surface area contributed by atoms with E-state index in [1.54, 1.807) is 20.3 Å². The standard InChI is InChI=1S/C20H23F3N2O4S/c1-28-17-6-7-19(29-2)15(12-17)14-24-8-10-25(11-9-24)30(26,27)18-5-3-4-16(13-18)20(21,22)23/h3-7,12-13H,8-11,14H2,1-2H3. The van der Waals surface area contributed by atoms with Crippen molar-refractivity contribution in [2.75, 3.05) is 40.4 Å². The van der Waals surface area contributed by atoms with E-state index in [1.165, 1.54) is 10.4 Å². The average molecular weight is 444 g/mol. The first-order chi connectivity index (χ1) is 14.1. The molecule has 0 spiro atoms. The van der Waals surface area contributed by atoms with E-state index in [-0.39, 0.29) is 18.0 Å². The molecule has 0 bridgehead atoms. The van der Waals surface area contributed by atoms with Gasteiger partial charge in [-0.25, -0.2) is 8.42 Å². The molecule has 0 aromatic heterocycles. The van der Waals surface area contributed by atoms with E-state index in [0.29, 0.717) is 37.2 Å². The van der Waals surface area contributed by atoms with Crippen molar-refractivity contribution in [1.82, 2.24) is 9.21 Å². The monoisotopic (exact) mass is 444 g/mol. The van der Waals surface area contributed by atoms with E-state index in [0.717, 1.165) is 17.7 Å². The van der Waals surface area contributed by atoms with Crippen molar-refractivity contribution in [3.63, 3.8) is 0 Å². The maximum absolute atomic E-state index is 12.9. The van der Waals surface area contributed by atoms with Crippen LogP contribution in [0.5, 0.6) is 11.5 Å². The first-order valence-electron chi connectivity index (χ1n) is 9.26. The molecule has 1 aliphatic rings. The fourth-order valence-corrected chi connectivity index (χ4v) is 4.82. The number of nitrogens with zero attached hydrogens (tertiary/aromatic N) is 2. The molecule has 30 heavy (non-hydrogen) atoms. The number of piperazine rings is 1. The summed E-state index contributed by atoms with van der Waals surface area (Å²) >= 11 is 0. The van der Waals surface area contributed by atoms with Crippen LogP contribution in [0.1, 0.15) is 11.1 Å². The lowest BCUT2D eigenvalue weighted by Crippen LogP contribution is -2.48. The molecule has 0 radical (unpaired) electrons. The molecule has 6 nitrogen and oxygen atoms in total. The van der Waals surface area contributed by atoms with Crippen LogP contribution in [-0.4, -0.2) is 58.0 Å². The highest BCUT2D eigenvalue weighted by Gasteiger charge is 2.34. The smallest absolute Gasteiger partial charge is 0.416 e. The SMILES string of the molecule is COc1ccc(OC)c(CN2CCN(S(=O)(=O)c3cccc(C(F)(F)F)c3)CC2)c1. The van der Waals surface area contributed by atoms with Gasteiger partial charge in [-0.3, -0.25) is 4.90 Å². The highest BCUT2D eigenvalue weighted by Crippen LogP contribution is 2.31. The Bertz CT molecular complexity index is 988. The van der Waals surface area contributed by atoms with Crippen molar-refractivity contribution in [3.05, 3.63) is 53.6 Å². The second kappa shape index (κ2) is 8.83. The highest BCUT2D eigenvalue weighted by atomic mass is 32.2. The molecule has 1 aliphatic heterocycles. The van der Waals surface area contributed by atoms with Crippen LogP contribution in [0, 0.1) is 0 Å². The molecule has 10 heteroatoms. The summed E-state index contributed by atoms with van der Waals surface area (Å²) in [6.45, 7) is 1.80. The van der Waals surface area contributed by atoms with Crippen molar-refractivity contribution < 1.29 is 31.1 Å². The molecule has 1 saturated heterocycles. The molecule has 0 unspecified atom stereocenters. The Morgan fingerprint density at radius 3 is 2.27 bits per heavy atom. The number of alkyl halides is 3. The summed E-state index contributed by atoms with van der Waals surface area (Å²) in [6.07, 6.45) is -4.60. The van der Waals surface area contributed by atoms with Crippen LogP contribution in [-0.2, 0) is 22.7 Å². The first kappa shape index (κ1) is 22.4. The molecule has 1 fully saturated rings. The number of hydrogen-bond acceptors (Lipinski definition) is 5. The molecule has 164 valence electrons. The topological polar surface area (TPSA) is 59.1 Å². The van der Waals surface area contributed by atoms with Gasteiger partial charge in [0.25, 0.3) is 0 Å². The molecule has 0 N–H and O–H groups in total. The summed E-state index contributed by atoms with van der Waals surface area (Å²) in [4.78, 5) is 1.72. The number of benzene rings is 2. The quantitative estimate of drug-likeness (QED) is 0.685. The van der Waals surface area contributed by atoms with Crippen molar-refractivity contribution in [3.8, 4) is 11.5 Å². The molecular weight excluding hydrogens is 421 g/mol. The van der Waals surface area contributed by atoms with E-state index >= 15 is 0 Å². The van der Waals surface area contributed by atoms with Gasteiger partial charge in [-0.1, -0.05) is 6.07 Å². The number of methoxy groups -OCH3 is 2. The van der Waals surface area contributed by atoms with Gasteiger partial charge in [0, 0.05) is 38.3 Å². The van der Waals surface area contributed by atoms with Crippen LogP contribution in [0.3, 0.4) is 0 Å². The van der Waals surface area contributed by atoms with Crippen molar-refractivity contribution in [2.45, 2.75) is 17.6 Å². The van der Waals surface area contributed by atoms with Crippen LogP contribution in [0.2, 0.25) is 0 Å². The maximum atomic E-state index is 12.9. The normalized spacial score (nSPS) is 16.4. The maximum Gasteiger partial charge on any atom is 0.416 e. The Hall–Kier alpha value is -2.30. The lowest BCUT2D eigenvalue weighted by molar-refractivity contribution is -0.137. The number of ether oxygens (including phenoxy) is 2. The summed E-state index contributed by atoms with van der Waals surface area (Å²) in [5.74, 6) is 1.39. The van der Waals surface area contributed by atoms with Gasteiger partial charge in [-0.15, -0.1) is 0 Å². The minimum atomic E-state index is -4.60. The largest absolute Gasteiger partial charge is 0.497 e. The third-order valence-corrected chi connectivity index (χ3v) is 6.91. The Morgan fingerprint density at radius 1 is 0.967 bits per heavy atom. The molecular formula is C20H23F3N2O4S. The predicted octanol–water partition coefficient (Wildman–Crippen LogP) is 3.23. The van der Waals surface area contributed by atoms with E-state index in [2.05, 4.69) is 4.90 Å². The Kier molecular flexibility index (Phi) is 6.59. The van der Waals surface area contributed by atoms with E-state index in [1.807, 2.05) is 12.1 Å². The molecule has 2 aromatic carbocycles. The Labute approximate surface area is 173 Å². The van der Waals surface area contributed by atoms with Crippen LogP contribution in [0.4, 0.5) is 13.2 Å². The van der Waals surface area contributed by atoms with Gasteiger partial charge in [0.05, 0.1) is 24.7 Å². The lowest BCUT2D eigenvalue weighted by atomic mass is 10.1. The predicted molar refractivity (Wildman–Crippen MR) is 105 cm³/mol. The Balaban J connectivity index is 1.70. The van der Waals surface area contributed by atoms with Gasteiger partial charge in [-0.2, -0.15) is 17.5 Å². The summed E-state index contributed by atoms with van der Waals surface area (Å²) in [5.41, 5.74) is -0.0710. The summed E-state index contributed by atoms with van der Waals surface area (Å²) < 4.78 is 76.3. The van der Waals surface area contributed by atoms with Crippen molar-refractivity contribution in [2.24, 2.45) is 0 Å². The zero-order valence-corrected chi connectivity index (χ0v) is 17.5. The minimum Gasteiger partial charge on any atom is -0.497 e. The van der Waals surface area contributed by atoms with Gasteiger partial charge in [0.15, 0.2) is 0 Å². The van der Waals surface area contributed by atoms with Gasteiger partial charge in [-0.05, 0) is 36.4 Å². The van der Waals surface area contributed by atoms with Crippen LogP contribution < -0.4 is 9.47 Å².